The van der Waals surface area contributed by atoms with Crippen molar-refractivity contribution >= 4 is 17.5 Å². The van der Waals surface area contributed by atoms with Gasteiger partial charge in [-0.1, -0.05) is 48.0 Å². The van der Waals surface area contributed by atoms with E-state index in [1.54, 1.807) is 0 Å². The van der Waals surface area contributed by atoms with Crippen LogP contribution in [0.25, 0.3) is 0 Å². The zero-order valence-corrected chi connectivity index (χ0v) is 17.3. The number of hydrogen-bond donors (Lipinski definition) is 0. The van der Waals surface area contributed by atoms with E-state index in [0.29, 0.717) is 23.7 Å². The molecule has 3 aromatic carbocycles. The van der Waals surface area contributed by atoms with Crippen LogP contribution in [0.5, 0.6) is 11.5 Å². The van der Waals surface area contributed by atoms with E-state index in [9.17, 15) is 4.79 Å². The van der Waals surface area contributed by atoms with Crippen LogP contribution in [0.1, 0.15) is 27.0 Å². The van der Waals surface area contributed by atoms with Gasteiger partial charge in [0.2, 0.25) is 0 Å². The molecule has 4 rings (SSSR count). The van der Waals surface area contributed by atoms with E-state index in [-0.39, 0.29) is 5.91 Å². The van der Waals surface area contributed by atoms with Gasteiger partial charge in [0.15, 0.2) is 0 Å². The Balaban J connectivity index is 1.46. The van der Waals surface area contributed by atoms with Gasteiger partial charge < -0.3 is 14.5 Å². The molecule has 0 spiro atoms. The third-order valence-corrected chi connectivity index (χ3v) is 5.17. The van der Waals surface area contributed by atoms with Gasteiger partial charge in [0.1, 0.15) is 11.5 Å². The van der Waals surface area contributed by atoms with E-state index in [4.69, 9.17) is 16.3 Å². The number of carbonyl (C=O) groups excluding carboxylic acids is 1. The van der Waals surface area contributed by atoms with Gasteiger partial charge in [-0.25, -0.2) is 0 Å². The number of para-hydroxylation sites is 1. The number of halogens is 1. The topological polar surface area (TPSA) is 32.8 Å². The molecule has 5 heteroatoms. The van der Waals surface area contributed by atoms with Crippen molar-refractivity contribution in [2.75, 3.05) is 14.1 Å². The zero-order valence-electron chi connectivity index (χ0n) is 16.6. The third kappa shape index (κ3) is 4.44. The Labute approximate surface area is 176 Å². The molecule has 3 aromatic rings. The quantitative estimate of drug-likeness (QED) is 0.553. The van der Waals surface area contributed by atoms with Crippen LogP contribution in [0.2, 0.25) is 5.02 Å². The number of amides is 1. The molecule has 0 aliphatic carbocycles. The minimum Gasteiger partial charge on any atom is -0.457 e. The molecule has 0 N–H and O–H groups in total. The van der Waals surface area contributed by atoms with Crippen LogP contribution in [0, 0.1) is 0 Å². The number of benzene rings is 3. The van der Waals surface area contributed by atoms with Gasteiger partial charge in [-0.05, 0) is 61.1 Å². The van der Waals surface area contributed by atoms with Gasteiger partial charge in [0.25, 0.3) is 5.91 Å². The van der Waals surface area contributed by atoms with Crippen molar-refractivity contribution in [1.29, 1.82) is 0 Å². The minimum atomic E-state index is -0.00832. The maximum Gasteiger partial charge on any atom is 0.256 e. The highest BCUT2D eigenvalue weighted by molar-refractivity contribution is 6.34. The summed E-state index contributed by atoms with van der Waals surface area (Å²) in [4.78, 5) is 16.8. The Morgan fingerprint density at radius 1 is 0.966 bits per heavy atom. The highest BCUT2D eigenvalue weighted by atomic mass is 35.5. The van der Waals surface area contributed by atoms with Crippen molar-refractivity contribution in [2.24, 2.45) is 0 Å². The van der Waals surface area contributed by atoms with Crippen LogP contribution >= 0.6 is 11.6 Å². The lowest BCUT2D eigenvalue weighted by molar-refractivity contribution is 0.0767. The fraction of sp³-hybridized carbons (Fsp3) is 0.208. The second-order valence-corrected chi connectivity index (χ2v) is 7.98. The summed E-state index contributed by atoms with van der Waals surface area (Å²) < 4.78 is 5.83. The summed E-state index contributed by atoms with van der Waals surface area (Å²) in [5.41, 5.74) is 3.81. The monoisotopic (exact) mass is 406 g/mol. The van der Waals surface area contributed by atoms with Crippen molar-refractivity contribution in [3.05, 3.63) is 94.0 Å². The van der Waals surface area contributed by atoms with E-state index < -0.39 is 0 Å². The van der Waals surface area contributed by atoms with Crippen molar-refractivity contribution in [2.45, 2.75) is 19.6 Å². The van der Waals surface area contributed by atoms with Crippen LogP contribution in [-0.4, -0.2) is 29.8 Å². The molecule has 0 atom stereocenters. The average molecular weight is 407 g/mol. The Bertz CT molecular complexity index is 1020. The first-order chi connectivity index (χ1) is 14.0. The van der Waals surface area contributed by atoms with Gasteiger partial charge in [-0.3, -0.25) is 4.79 Å². The van der Waals surface area contributed by atoms with Gasteiger partial charge in [-0.2, -0.15) is 0 Å². The summed E-state index contributed by atoms with van der Waals surface area (Å²) >= 11 is 6.44. The van der Waals surface area contributed by atoms with Crippen LogP contribution < -0.4 is 4.74 Å². The molecule has 29 heavy (non-hydrogen) atoms. The molecular formula is C24H23ClN2O2. The summed E-state index contributed by atoms with van der Waals surface area (Å²) in [5.74, 6) is 1.56. The molecule has 0 aromatic heterocycles. The van der Waals surface area contributed by atoms with E-state index in [0.717, 1.165) is 34.7 Å². The smallest absolute Gasteiger partial charge is 0.256 e. The van der Waals surface area contributed by atoms with Crippen molar-refractivity contribution in [3.8, 4) is 11.5 Å². The number of fused-ring (bicyclic) bond motifs is 1. The van der Waals surface area contributed by atoms with Crippen molar-refractivity contribution < 1.29 is 9.53 Å². The Hall–Kier alpha value is -2.82. The molecule has 0 saturated carbocycles. The lowest BCUT2D eigenvalue weighted by atomic mass is 10.1. The molecule has 0 bridgehead atoms. The van der Waals surface area contributed by atoms with Crippen molar-refractivity contribution in [3.63, 3.8) is 0 Å². The summed E-state index contributed by atoms with van der Waals surface area (Å²) in [6.07, 6.45) is 0. The van der Waals surface area contributed by atoms with E-state index >= 15 is 0 Å². The minimum absolute atomic E-state index is 0.00832. The first-order valence-electron chi connectivity index (χ1n) is 9.57. The lowest BCUT2D eigenvalue weighted by Gasteiger charge is -2.16. The Morgan fingerprint density at radius 2 is 1.66 bits per heavy atom. The first kappa shape index (κ1) is 19.5. The predicted octanol–water partition coefficient (Wildman–Crippen LogP) is 5.35. The number of nitrogens with zero attached hydrogens (tertiary/aromatic N) is 2. The van der Waals surface area contributed by atoms with Crippen LogP contribution in [0.4, 0.5) is 0 Å². The van der Waals surface area contributed by atoms with Gasteiger partial charge >= 0.3 is 0 Å². The SMILES string of the molecule is CN(C)Cc1cc(Cl)c2c(c1)CN(Cc1ccc(Oc3ccccc3)cc1)C2=O. The van der Waals surface area contributed by atoms with Gasteiger partial charge in [0.05, 0.1) is 10.6 Å². The van der Waals surface area contributed by atoms with E-state index in [2.05, 4.69) is 11.0 Å². The molecule has 1 aliphatic rings. The molecule has 0 saturated heterocycles. The summed E-state index contributed by atoms with van der Waals surface area (Å²) in [6, 6.07) is 21.5. The second kappa shape index (κ2) is 8.27. The molecular weight excluding hydrogens is 384 g/mol. The highest BCUT2D eigenvalue weighted by Crippen LogP contribution is 2.32. The lowest BCUT2D eigenvalue weighted by Crippen LogP contribution is -2.23. The molecule has 4 nitrogen and oxygen atoms in total. The van der Waals surface area contributed by atoms with E-state index in [1.165, 1.54) is 0 Å². The van der Waals surface area contributed by atoms with E-state index in [1.807, 2.05) is 79.7 Å². The summed E-state index contributed by atoms with van der Waals surface area (Å²) in [6.45, 7) is 1.92. The number of hydrogen-bond acceptors (Lipinski definition) is 3. The number of rotatable bonds is 6. The molecule has 0 unspecified atom stereocenters. The second-order valence-electron chi connectivity index (χ2n) is 7.57. The molecule has 1 amide bonds. The summed E-state index contributed by atoms with van der Waals surface area (Å²) in [7, 11) is 4.04. The molecule has 1 aliphatic heterocycles. The van der Waals surface area contributed by atoms with Gasteiger partial charge in [-0.15, -0.1) is 0 Å². The average Bonchev–Trinajstić information content (AvgIpc) is 2.99. The number of ether oxygens (including phenoxy) is 1. The normalized spacial score (nSPS) is 13.1. The fourth-order valence-corrected chi connectivity index (χ4v) is 3.96. The van der Waals surface area contributed by atoms with Gasteiger partial charge in [0, 0.05) is 19.6 Å². The fourth-order valence-electron chi connectivity index (χ4n) is 3.62. The molecule has 0 radical (unpaired) electrons. The highest BCUT2D eigenvalue weighted by Gasteiger charge is 2.30. The number of carbonyl (C=O) groups is 1. The third-order valence-electron chi connectivity index (χ3n) is 4.87. The van der Waals surface area contributed by atoms with Crippen LogP contribution in [-0.2, 0) is 19.6 Å². The van der Waals surface area contributed by atoms with Crippen molar-refractivity contribution in [1.82, 2.24) is 9.80 Å². The maximum absolute atomic E-state index is 12.9. The Kier molecular flexibility index (Phi) is 5.56. The summed E-state index contributed by atoms with van der Waals surface area (Å²) in [5, 5.41) is 0.540. The van der Waals surface area contributed by atoms with Crippen LogP contribution in [0.3, 0.4) is 0 Å². The van der Waals surface area contributed by atoms with Crippen LogP contribution in [0.15, 0.2) is 66.7 Å². The predicted molar refractivity (Wildman–Crippen MR) is 115 cm³/mol. The molecule has 1 heterocycles. The standard InChI is InChI=1S/C24H23ClN2O2/c1-26(2)14-18-12-19-16-27(24(28)23(19)22(25)13-18)15-17-8-10-21(11-9-17)29-20-6-4-3-5-7-20/h3-13H,14-16H2,1-2H3. The largest absolute Gasteiger partial charge is 0.457 e. The molecule has 0 fully saturated rings. The first-order valence-corrected chi connectivity index (χ1v) is 9.94. The zero-order chi connectivity index (χ0) is 20.4. The molecule has 148 valence electrons. The Morgan fingerprint density at radius 3 is 2.34 bits per heavy atom. The maximum atomic E-state index is 12.9.